The predicted octanol–water partition coefficient (Wildman–Crippen LogP) is 5.66. The van der Waals surface area contributed by atoms with Crippen LogP contribution in [-0.2, 0) is 5.41 Å². The Balaban J connectivity index is 1.52. The second-order valence-corrected chi connectivity index (χ2v) is 8.80. The number of rotatable bonds is 6. The Morgan fingerprint density at radius 3 is 2.10 bits per heavy atom. The molecule has 0 spiro atoms. The van der Waals surface area contributed by atoms with E-state index in [-0.39, 0.29) is 17.0 Å². The fourth-order valence-electron chi connectivity index (χ4n) is 2.94. The first-order valence-electron chi connectivity index (χ1n) is 9.48. The molecular formula is C23H21N3O3S. The third-order valence-corrected chi connectivity index (χ3v) is 5.50. The monoisotopic (exact) mass is 419 g/mol. The third-order valence-electron chi connectivity index (χ3n) is 4.66. The summed E-state index contributed by atoms with van der Waals surface area (Å²) >= 11 is 1.26. The van der Waals surface area contributed by atoms with E-state index in [0.717, 1.165) is 11.1 Å². The van der Waals surface area contributed by atoms with Crippen LogP contribution in [0.4, 0.5) is 0 Å². The molecule has 0 N–H and O–H groups in total. The first-order valence-corrected chi connectivity index (χ1v) is 10.5. The molecule has 4 rings (SSSR count). The zero-order valence-electron chi connectivity index (χ0n) is 17.0. The van der Waals surface area contributed by atoms with Crippen molar-refractivity contribution in [2.75, 3.05) is 5.75 Å². The summed E-state index contributed by atoms with van der Waals surface area (Å²) in [5, 5.41) is 8.94. The smallest absolute Gasteiger partial charge is 0.210 e. The Morgan fingerprint density at radius 1 is 0.900 bits per heavy atom. The molecular weight excluding hydrogens is 398 g/mol. The lowest BCUT2D eigenvalue weighted by atomic mass is 9.86. The standard InChI is InChI=1S/C23H21N3O3S/c1-23(2,3)18-6-4-15(5-7-18)19(27)14-30-22-24-20(16-8-10-28-12-16)21(25-26-22)17-9-11-29-13-17/h4-13H,14H2,1-3H3. The molecule has 0 unspecified atom stereocenters. The van der Waals surface area contributed by atoms with Gasteiger partial charge in [0.05, 0.1) is 30.8 Å². The molecule has 7 heteroatoms. The van der Waals surface area contributed by atoms with Crippen molar-refractivity contribution in [2.45, 2.75) is 31.3 Å². The van der Waals surface area contributed by atoms with Gasteiger partial charge in [-0.1, -0.05) is 56.8 Å². The van der Waals surface area contributed by atoms with Crippen molar-refractivity contribution >= 4 is 17.5 Å². The molecule has 0 saturated carbocycles. The predicted molar refractivity (Wildman–Crippen MR) is 115 cm³/mol. The molecule has 3 aromatic heterocycles. The highest BCUT2D eigenvalue weighted by Crippen LogP contribution is 2.30. The minimum Gasteiger partial charge on any atom is -0.472 e. The summed E-state index contributed by atoms with van der Waals surface area (Å²) in [6.07, 6.45) is 6.34. The van der Waals surface area contributed by atoms with Crippen molar-refractivity contribution in [1.29, 1.82) is 0 Å². The van der Waals surface area contributed by atoms with E-state index in [1.54, 1.807) is 31.1 Å². The molecule has 0 saturated heterocycles. The van der Waals surface area contributed by atoms with Crippen LogP contribution in [0.3, 0.4) is 0 Å². The van der Waals surface area contributed by atoms with E-state index in [1.165, 1.54) is 17.3 Å². The van der Waals surface area contributed by atoms with E-state index in [2.05, 4.69) is 36.0 Å². The second kappa shape index (κ2) is 8.28. The number of thioether (sulfide) groups is 1. The molecule has 3 heterocycles. The van der Waals surface area contributed by atoms with Gasteiger partial charge in [0.25, 0.3) is 0 Å². The summed E-state index contributed by atoms with van der Waals surface area (Å²) in [7, 11) is 0. The van der Waals surface area contributed by atoms with E-state index < -0.39 is 0 Å². The largest absolute Gasteiger partial charge is 0.472 e. The highest BCUT2D eigenvalue weighted by Gasteiger charge is 2.17. The second-order valence-electron chi connectivity index (χ2n) is 7.85. The Morgan fingerprint density at radius 2 is 1.53 bits per heavy atom. The van der Waals surface area contributed by atoms with E-state index in [1.807, 2.05) is 30.3 Å². The van der Waals surface area contributed by atoms with Gasteiger partial charge in [-0.2, -0.15) is 0 Å². The topological polar surface area (TPSA) is 82.0 Å². The number of hydrogen-bond acceptors (Lipinski definition) is 7. The highest BCUT2D eigenvalue weighted by molar-refractivity contribution is 7.99. The molecule has 0 aliphatic rings. The summed E-state index contributed by atoms with van der Waals surface area (Å²) in [5.41, 5.74) is 4.70. The van der Waals surface area contributed by atoms with Crippen LogP contribution in [0.1, 0.15) is 36.7 Å². The molecule has 0 bridgehead atoms. The molecule has 0 aliphatic carbocycles. The van der Waals surface area contributed by atoms with Crippen LogP contribution < -0.4 is 0 Å². The van der Waals surface area contributed by atoms with Crippen LogP contribution in [0.15, 0.2) is 75.4 Å². The lowest BCUT2D eigenvalue weighted by molar-refractivity contribution is 0.102. The van der Waals surface area contributed by atoms with Gasteiger partial charge < -0.3 is 8.83 Å². The number of carbonyl (C=O) groups excluding carboxylic acids is 1. The molecule has 30 heavy (non-hydrogen) atoms. The van der Waals surface area contributed by atoms with E-state index >= 15 is 0 Å². The van der Waals surface area contributed by atoms with Gasteiger partial charge in [-0.3, -0.25) is 4.79 Å². The van der Waals surface area contributed by atoms with Gasteiger partial charge in [0.2, 0.25) is 5.16 Å². The van der Waals surface area contributed by atoms with Crippen molar-refractivity contribution in [3.63, 3.8) is 0 Å². The zero-order valence-corrected chi connectivity index (χ0v) is 17.8. The molecule has 0 radical (unpaired) electrons. The Labute approximate surface area is 178 Å². The van der Waals surface area contributed by atoms with Crippen molar-refractivity contribution in [3.8, 4) is 22.5 Å². The normalized spacial score (nSPS) is 11.6. The molecule has 0 fully saturated rings. The van der Waals surface area contributed by atoms with Gasteiger partial charge in [0.1, 0.15) is 11.4 Å². The Hall–Kier alpha value is -3.19. The first kappa shape index (κ1) is 20.1. The maximum absolute atomic E-state index is 12.6. The number of furan rings is 2. The summed E-state index contributed by atoms with van der Waals surface area (Å²) < 4.78 is 10.4. The average Bonchev–Trinajstić information content (AvgIpc) is 3.45. The van der Waals surface area contributed by atoms with E-state index in [9.17, 15) is 4.79 Å². The minimum absolute atomic E-state index is 0.0211. The number of benzene rings is 1. The summed E-state index contributed by atoms with van der Waals surface area (Å²) in [6, 6.07) is 11.4. The molecule has 1 aromatic carbocycles. The van der Waals surface area contributed by atoms with Crippen molar-refractivity contribution < 1.29 is 13.6 Å². The van der Waals surface area contributed by atoms with Crippen LogP contribution in [-0.4, -0.2) is 26.7 Å². The summed E-state index contributed by atoms with van der Waals surface area (Å²) in [6.45, 7) is 6.44. The van der Waals surface area contributed by atoms with E-state index in [4.69, 9.17) is 8.83 Å². The quantitative estimate of drug-likeness (QED) is 0.294. The van der Waals surface area contributed by atoms with Gasteiger partial charge >= 0.3 is 0 Å². The van der Waals surface area contributed by atoms with E-state index in [0.29, 0.717) is 22.1 Å². The number of hydrogen-bond donors (Lipinski definition) is 0. The maximum Gasteiger partial charge on any atom is 0.210 e. The lowest BCUT2D eigenvalue weighted by Crippen LogP contribution is -2.11. The summed E-state index contributed by atoms with van der Waals surface area (Å²) in [5.74, 6) is 0.250. The number of carbonyl (C=O) groups is 1. The fourth-order valence-corrected chi connectivity index (χ4v) is 3.62. The molecule has 6 nitrogen and oxygen atoms in total. The van der Waals surface area contributed by atoms with Crippen LogP contribution >= 0.6 is 11.8 Å². The van der Waals surface area contributed by atoms with Gasteiger partial charge in [-0.25, -0.2) is 4.98 Å². The molecule has 0 aliphatic heterocycles. The Bertz CT molecular complexity index is 1130. The molecule has 152 valence electrons. The fraction of sp³-hybridized carbons (Fsp3) is 0.217. The summed E-state index contributed by atoms with van der Waals surface area (Å²) in [4.78, 5) is 17.2. The average molecular weight is 420 g/mol. The van der Waals surface area contributed by atoms with Crippen LogP contribution in [0, 0.1) is 0 Å². The highest BCUT2D eigenvalue weighted by atomic mass is 32.2. The van der Waals surface area contributed by atoms with Gasteiger partial charge in [0, 0.05) is 16.7 Å². The molecule has 0 atom stereocenters. The molecule has 4 aromatic rings. The SMILES string of the molecule is CC(C)(C)c1ccc(C(=O)CSc2nnc(-c3ccoc3)c(-c3ccoc3)n2)cc1. The van der Waals surface area contributed by atoms with Gasteiger partial charge in [0.15, 0.2) is 5.78 Å². The number of ketones is 1. The Kier molecular flexibility index (Phi) is 5.55. The lowest BCUT2D eigenvalue weighted by Gasteiger charge is -2.18. The number of nitrogens with zero attached hydrogens (tertiary/aromatic N) is 3. The van der Waals surface area contributed by atoms with Crippen molar-refractivity contribution in [3.05, 3.63) is 72.6 Å². The minimum atomic E-state index is 0.0211. The van der Waals surface area contributed by atoms with Crippen molar-refractivity contribution in [2.24, 2.45) is 0 Å². The number of Topliss-reactive ketones (excluding diaryl/α,β-unsaturated/α-hetero) is 1. The van der Waals surface area contributed by atoms with Gasteiger partial charge in [-0.05, 0) is 23.1 Å². The maximum atomic E-state index is 12.6. The van der Waals surface area contributed by atoms with Crippen LogP contribution in [0.25, 0.3) is 22.5 Å². The molecule has 0 amide bonds. The van der Waals surface area contributed by atoms with Gasteiger partial charge in [-0.15, -0.1) is 10.2 Å². The van der Waals surface area contributed by atoms with Crippen molar-refractivity contribution in [1.82, 2.24) is 15.2 Å². The van der Waals surface area contributed by atoms with Crippen LogP contribution in [0.2, 0.25) is 0 Å². The third kappa shape index (κ3) is 4.36. The number of aromatic nitrogens is 3. The first-order chi connectivity index (χ1) is 14.4. The zero-order chi connectivity index (χ0) is 21.1. The van der Waals surface area contributed by atoms with Crippen LogP contribution in [0.5, 0.6) is 0 Å².